The highest BCUT2D eigenvalue weighted by molar-refractivity contribution is 7.09. The van der Waals surface area contributed by atoms with Gasteiger partial charge in [0.1, 0.15) is 28.9 Å². The van der Waals surface area contributed by atoms with Crippen LogP contribution in [0.5, 0.6) is 5.75 Å². The number of likely N-dealkylation sites (tertiary alicyclic amines) is 1. The zero-order chi connectivity index (χ0) is 20.5. The van der Waals surface area contributed by atoms with Crippen molar-refractivity contribution < 1.29 is 9.53 Å². The van der Waals surface area contributed by atoms with Gasteiger partial charge in [0, 0.05) is 16.9 Å². The third-order valence-corrected chi connectivity index (χ3v) is 6.26. The minimum Gasteiger partial charge on any atom is -0.486 e. The summed E-state index contributed by atoms with van der Waals surface area (Å²) in [6.45, 7) is 1.02. The smallest absolute Gasteiger partial charge is 0.273 e. The van der Waals surface area contributed by atoms with E-state index in [0.29, 0.717) is 29.6 Å². The number of hydrogen-bond acceptors (Lipinski definition) is 5. The number of rotatable bonds is 5. The number of aromatic amines is 1. The Balaban J connectivity index is 1.29. The molecule has 0 bridgehead atoms. The highest BCUT2D eigenvalue weighted by atomic mass is 35.5. The van der Waals surface area contributed by atoms with Gasteiger partial charge in [-0.2, -0.15) is 0 Å². The Morgan fingerprint density at radius 2 is 2.03 bits per heavy atom. The molecule has 1 aliphatic rings. The minimum absolute atomic E-state index is 0.0552. The number of halogens is 1. The van der Waals surface area contributed by atoms with Crippen LogP contribution in [0.15, 0.2) is 53.9 Å². The number of para-hydroxylation sites is 2. The lowest BCUT2D eigenvalue weighted by Crippen LogP contribution is -2.31. The molecule has 0 saturated carbocycles. The fourth-order valence-electron chi connectivity index (χ4n) is 3.72. The number of imidazole rings is 1. The first kappa shape index (κ1) is 19.1. The van der Waals surface area contributed by atoms with Gasteiger partial charge in [-0.1, -0.05) is 23.7 Å². The molecule has 30 heavy (non-hydrogen) atoms. The summed E-state index contributed by atoms with van der Waals surface area (Å²) in [6.07, 6.45) is 1.84. The quantitative estimate of drug-likeness (QED) is 0.463. The zero-order valence-corrected chi connectivity index (χ0v) is 17.6. The van der Waals surface area contributed by atoms with E-state index >= 15 is 0 Å². The summed E-state index contributed by atoms with van der Waals surface area (Å²) in [5, 5.41) is 3.22. The Bertz CT molecular complexity index is 1150. The van der Waals surface area contributed by atoms with Crippen LogP contribution in [0.2, 0.25) is 5.02 Å². The number of carbonyl (C=O) groups is 1. The molecular formula is C22H19ClN4O2S. The number of benzene rings is 2. The second kappa shape index (κ2) is 8.08. The molecule has 1 atom stereocenters. The summed E-state index contributed by atoms with van der Waals surface area (Å²) in [4.78, 5) is 27.6. The van der Waals surface area contributed by atoms with E-state index in [4.69, 9.17) is 21.3 Å². The molecule has 0 aliphatic carbocycles. The molecule has 1 amide bonds. The Kier molecular flexibility index (Phi) is 5.14. The van der Waals surface area contributed by atoms with E-state index < -0.39 is 0 Å². The van der Waals surface area contributed by atoms with Gasteiger partial charge in [-0.05, 0) is 49.2 Å². The van der Waals surface area contributed by atoms with Crippen molar-refractivity contribution in [2.45, 2.75) is 25.5 Å². The molecule has 0 spiro atoms. The fraction of sp³-hybridized carbons (Fsp3) is 0.227. The van der Waals surface area contributed by atoms with Crippen molar-refractivity contribution in [3.05, 3.63) is 75.5 Å². The van der Waals surface area contributed by atoms with Crippen molar-refractivity contribution in [2.75, 3.05) is 6.54 Å². The van der Waals surface area contributed by atoms with Crippen LogP contribution < -0.4 is 4.74 Å². The average molecular weight is 439 g/mol. The number of fused-ring (bicyclic) bond motifs is 1. The SMILES string of the molecule is O=C(c1csc(COc2ccc(Cl)cc2)n1)N1CCCC1c1nc2ccccc2[nH]1. The Hall–Kier alpha value is -2.90. The van der Waals surface area contributed by atoms with Crippen LogP contribution in [0.25, 0.3) is 11.0 Å². The van der Waals surface area contributed by atoms with Gasteiger partial charge in [-0.3, -0.25) is 4.79 Å². The fourth-order valence-corrected chi connectivity index (χ4v) is 4.53. The van der Waals surface area contributed by atoms with E-state index in [-0.39, 0.29) is 11.9 Å². The van der Waals surface area contributed by atoms with Crippen LogP contribution in [-0.2, 0) is 6.61 Å². The number of ether oxygens (including phenoxy) is 1. The maximum atomic E-state index is 13.1. The van der Waals surface area contributed by atoms with Crippen LogP contribution in [0.3, 0.4) is 0 Å². The molecule has 8 heteroatoms. The average Bonchev–Trinajstić information content (AvgIpc) is 3.51. The minimum atomic E-state index is -0.0630. The monoisotopic (exact) mass is 438 g/mol. The van der Waals surface area contributed by atoms with Gasteiger partial charge < -0.3 is 14.6 Å². The number of nitrogens with one attached hydrogen (secondary N) is 1. The molecule has 1 aliphatic heterocycles. The molecule has 0 radical (unpaired) electrons. The van der Waals surface area contributed by atoms with E-state index in [2.05, 4.69) is 9.97 Å². The lowest BCUT2D eigenvalue weighted by atomic mass is 10.2. The number of thiazole rings is 1. The summed E-state index contributed by atoms with van der Waals surface area (Å²) in [5.41, 5.74) is 2.36. The van der Waals surface area contributed by atoms with E-state index in [0.717, 1.165) is 34.7 Å². The van der Waals surface area contributed by atoms with Crippen LogP contribution >= 0.6 is 22.9 Å². The van der Waals surface area contributed by atoms with Crippen LogP contribution in [0.1, 0.15) is 40.2 Å². The molecule has 2 aromatic carbocycles. The number of aromatic nitrogens is 3. The van der Waals surface area contributed by atoms with E-state index in [1.807, 2.05) is 41.3 Å². The molecule has 1 fully saturated rings. The molecule has 6 nitrogen and oxygen atoms in total. The molecule has 1 N–H and O–H groups in total. The Morgan fingerprint density at radius 1 is 1.20 bits per heavy atom. The Labute approximate surface area is 182 Å². The Morgan fingerprint density at radius 3 is 2.87 bits per heavy atom. The van der Waals surface area contributed by atoms with Gasteiger partial charge in [-0.15, -0.1) is 11.3 Å². The van der Waals surface area contributed by atoms with Crippen molar-refractivity contribution >= 4 is 39.9 Å². The third-order valence-electron chi connectivity index (χ3n) is 5.18. The first-order chi connectivity index (χ1) is 14.7. The molecule has 3 heterocycles. The predicted molar refractivity (Wildman–Crippen MR) is 117 cm³/mol. The summed E-state index contributed by atoms with van der Waals surface area (Å²) in [5.74, 6) is 1.49. The zero-order valence-electron chi connectivity index (χ0n) is 16.0. The number of nitrogens with zero attached hydrogens (tertiary/aromatic N) is 3. The maximum absolute atomic E-state index is 13.1. The number of amides is 1. The van der Waals surface area contributed by atoms with E-state index in [1.54, 1.807) is 17.5 Å². The molecule has 5 rings (SSSR count). The summed E-state index contributed by atoms with van der Waals surface area (Å²) in [7, 11) is 0. The van der Waals surface area contributed by atoms with Crippen molar-refractivity contribution in [1.82, 2.24) is 19.9 Å². The highest BCUT2D eigenvalue weighted by Gasteiger charge is 2.33. The van der Waals surface area contributed by atoms with Crippen molar-refractivity contribution in [2.24, 2.45) is 0 Å². The summed E-state index contributed by atoms with van der Waals surface area (Å²) < 4.78 is 5.74. The second-order valence-electron chi connectivity index (χ2n) is 7.16. The van der Waals surface area contributed by atoms with Crippen molar-refractivity contribution in [1.29, 1.82) is 0 Å². The molecule has 4 aromatic rings. The van der Waals surface area contributed by atoms with Crippen LogP contribution in [0, 0.1) is 0 Å². The largest absolute Gasteiger partial charge is 0.486 e. The highest BCUT2D eigenvalue weighted by Crippen LogP contribution is 2.33. The molecular weight excluding hydrogens is 420 g/mol. The summed E-state index contributed by atoms with van der Waals surface area (Å²) >= 11 is 7.32. The van der Waals surface area contributed by atoms with Gasteiger partial charge in [-0.25, -0.2) is 9.97 Å². The second-order valence-corrected chi connectivity index (χ2v) is 8.54. The molecule has 152 valence electrons. The predicted octanol–water partition coefficient (Wildman–Crippen LogP) is 5.23. The van der Waals surface area contributed by atoms with Crippen molar-refractivity contribution in [3.8, 4) is 5.75 Å². The summed E-state index contributed by atoms with van der Waals surface area (Å²) in [6, 6.07) is 15.0. The standard InChI is InChI=1S/C22H19ClN4O2S/c23-14-7-9-15(10-8-14)29-12-20-24-18(13-30-20)22(28)27-11-3-6-19(27)21-25-16-4-1-2-5-17(16)26-21/h1-2,4-5,7-10,13,19H,3,6,11-12H2,(H,25,26). The maximum Gasteiger partial charge on any atom is 0.273 e. The first-order valence-electron chi connectivity index (χ1n) is 9.76. The lowest BCUT2D eigenvalue weighted by molar-refractivity contribution is 0.0725. The van der Waals surface area contributed by atoms with Gasteiger partial charge >= 0.3 is 0 Å². The van der Waals surface area contributed by atoms with Crippen LogP contribution in [0.4, 0.5) is 0 Å². The number of carbonyl (C=O) groups excluding carboxylic acids is 1. The lowest BCUT2D eigenvalue weighted by Gasteiger charge is -2.22. The van der Waals surface area contributed by atoms with Crippen molar-refractivity contribution in [3.63, 3.8) is 0 Å². The molecule has 1 unspecified atom stereocenters. The topological polar surface area (TPSA) is 71.1 Å². The van der Waals surface area contributed by atoms with E-state index in [9.17, 15) is 4.79 Å². The number of hydrogen-bond donors (Lipinski definition) is 1. The normalized spacial score (nSPS) is 16.3. The van der Waals surface area contributed by atoms with Gasteiger partial charge in [0.2, 0.25) is 0 Å². The van der Waals surface area contributed by atoms with Gasteiger partial charge in [0.05, 0.1) is 17.1 Å². The van der Waals surface area contributed by atoms with Gasteiger partial charge in [0.25, 0.3) is 5.91 Å². The third kappa shape index (κ3) is 3.78. The first-order valence-corrected chi connectivity index (χ1v) is 11.0. The van der Waals surface area contributed by atoms with Gasteiger partial charge in [0.15, 0.2) is 0 Å². The molecule has 2 aromatic heterocycles. The van der Waals surface area contributed by atoms with Crippen LogP contribution in [-0.4, -0.2) is 32.3 Å². The number of H-pyrrole nitrogens is 1. The molecule has 1 saturated heterocycles. The van der Waals surface area contributed by atoms with E-state index in [1.165, 1.54) is 11.3 Å².